The van der Waals surface area contributed by atoms with Gasteiger partial charge in [-0.25, -0.2) is 19.4 Å². The van der Waals surface area contributed by atoms with E-state index in [1.807, 2.05) is 49.4 Å². The summed E-state index contributed by atoms with van der Waals surface area (Å²) in [7, 11) is 0. The average molecular weight is 573 g/mol. The second-order valence-corrected chi connectivity index (χ2v) is 7.09. The average Bonchev–Trinajstić information content (AvgIpc) is 3.31. The summed E-state index contributed by atoms with van der Waals surface area (Å²) in [5.41, 5.74) is 2.45. The maximum absolute atomic E-state index is 13.5. The summed E-state index contributed by atoms with van der Waals surface area (Å²) in [5.74, 6) is 1.58. The monoisotopic (exact) mass is 573 g/mol. The quantitative estimate of drug-likeness (QED) is 0.164. The van der Waals surface area contributed by atoms with Crippen molar-refractivity contribution in [3.8, 4) is 23.1 Å². The van der Waals surface area contributed by atoms with Gasteiger partial charge in [-0.15, -0.1) is 24.0 Å². The number of benzene rings is 2. The van der Waals surface area contributed by atoms with Crippen LogP contribution in [0.1, 0.15) is 18.2 Å². The third-order valence-corrected chi connectivity index (χ3v) is 4.62. The molecular formula is C25H25FIN5O2. The number of oxazole rings is 1. The Morgan fingerprint density at radius 1 is 1.06 bits per heavy atom. The second kappa shape index (κ2) is 12.7. The maximum atomic E-state index is 13.5. The molecule has 0 saturated carbocycles. The number of guanidine groups is 1. The van der Waals surface area contributed by atoms with Gasteiger partial charge in [-0.3, -0.25) is 0 Å². The van der Waals surface area contributed by atoms with Crippen molar-refractivity contribution in [3.63, 3.8) is 0 Å². The number of nitrogens with zero attached hydrogens (tertiary/aromatic N) is 3. The van der Waals surface area contributed by atoms with E-state index in [4.69, 9.17) is 9.15 Å². The number of rotatable bonds is 8. The predicted octanol–water partition coefficient (Wildman–Crippen LogP) is 5.54. The Labute approximate surface area is 214 Å². The van der Waals surface area contributed by atoms with Gasteiger partial charge in [0.05, 0.1) is 18.8 Å². The lowest BCUT2D eigenvalue weighted by molar-refractivity contribution is 0.452. The molecule has 2 aromatic carbocycles. The molecule has 0 aliphatic rings. The number of aliphatic imine (C=N–C) groups is 1. The SMILES string of the molecule is CCNC(=NCc1cccnc1Oc1cccc(F)c1)NCc1coc(-c2ccccc2)n1.I. The van der Waals surface area contributed by atoms with Crippen molar-refractivity contribution in [3.05, 3.63) is 96.3 Å². The first-order valence-corrected chi connectivity index (χ1v) is 10.6. The Hall–Kier alpha value is -3.47. The summed E-state index contributed by atoms with van der Waals surface area (Å²) in [5, 5.41) is 6.46. The fourth-order valence-corrected chi connectivity index (χ4v) is 3.06. The molecule has 0 amide bonds. The van der Waals surface area contributed by atoms with Gasteiger partial charge >= 0.3 is 0 Å². The first kappa shape index (κ1) is 25.2. The summed E-state index contributed by atoms with van der Waals surface area (Å²) in [6.07, 6.45) is 3.26. The summed E-state index contributed by atoms with van der Waals surface area (Å²) < 4.78 is 24.8. The Bertz CT molecular complexity index is 1220. The zero-order valence-electron chi connectivity index (χ0n) is 18.6. The first-order valence-electron chi connectivity index (χ1n) is 10.6. The number of halogens is 2. The molecule has 0 bridgehead atoms. The molecule has 0 unspecified atom stereocenters. The molecule has 0 aliphatic carbocycles. The van der Waals surface area contributed by atoms with Crippen molar-refractivity contribution in [1.29, 1.82) is 0 Å². The molecule has 4 rings (SSSR count). The van der Waals surface area contributed by atoms with Crippen molar-refractivity contribution >= 4 is 29.9 Å². The fraction of sp³-hybridized carbons (Fsp3) is 0.160. The lowest BCUT2D eigenvalue weighted by Crippen LogP contribution is -2.36. The van der Waals surface area contributed by atoms with Crippen LogP contribution < -0.4 is 15.4 Å². The standard InChI is InChI=1S/C25H24FN5O2.HI/c1-2-27-25(30-16-21-17-32-24(31-21)18-8-4-3-5-9-18)29-15-19-10-7-13-28-23(19)33-22-12-6-11-20(26)14-22;/h3-14,17H,2,15-16H2,1H3,(H2,27,29,30);1H. The molecule has 0 radical (unpaired) electrons. The van der Waals surface area contributed by atoms with Crippen LogP contribution in [-0.2, 0) is 13.1 Å². The molecule has 0 atom stereocenters. The molecular weight excluding hydrogens is 548 g/mol. The van der Waals surface area contributed by atoms with Crippen LogP contribution in [0.15, 0.2) is 88.6 Å². The van der Waals surface area contributed by atoms with E-state index in [1.54, 1.807) is 24.6 Å². The molecule has 4 aromatic rings. The van der Waals surface area contributed by atoms with Crippen LogP contribution in [0.3, 0.4) is 0 Å². The van der Waals surface area contributed by atoms with Gasteiger partial charge < -0.3 is 19.8 Å². The lowest BCUT2D eigenvalue weighted by Gasteiger charge is -2.11. The van der Waals surface area contributed by atoms with E-state index in [1.165, 1.54) is 12.1 Å². The zero-order chi connectivity index (χ0) is 22.9. The minimum Gasteiger partial charge on any atom is -0.444 e. The smallest absolute Gasteiger partial charge is 0.226 e. The van der Waals surface area contributed by atoms with E-state index in [0.717, 1.165) is 16.8 Å². The van der Waals surface area contributed by atoms with Crippen molar-refractivity contribution in [1.82, 2.24) is 20.6 Å². The summed E-state index contributed by atoms with van der Waals surface area (Å²) in [6.45, 7) is 3.45. The van der Waals surface area contributed by atoms with Crippen LogP contribution in [0.2, 0.25) is 0 Å². The molecule has 34 heavy (non-hydrogen) atoms. The molecule has 2 N–H and O–H groups in total. The van der Waals surface area contributed by atoms with E-state index in [-0.39, 0.29) is 29.8 Å². The highest BCUT2D eigenvalue weighted by Gasteiger charge is 2.09. The highest BCUT2D eigenvalue weighted by atomic mass is 127. The molecule has 2 aromatic heterocycles. The molecule has 2 heterocycles. The Morgan fingerprint density at radius 3 is 2.71 bits per heavy atom. The summed E-state index contributed by atoms with van der Waals surface area (Å²) in [6, 6.07) is 19.4. The third kappa shape index (κ3) is 7.01. The molecule has 9 heteroatoms. The Morgan fingerprint density at radius 2 is 1.91 bits per heavy atom. The molecule has 0 fully saturated rings. The minimum absolute atomic E-state index is 0. The van der Waals surface area contributed by atoms with Crippen LogP contribution in [0.4, 0.5) is 4.39 Å². The fourth-order valence-electron chi connectivity index (χ4n) is 3.06. The van der Waals surface area contributed by atoms with Gasteiger partial charge in [0, 0.05) is 29.9 Å². The van der Waals surface area contributed by atoms with Gasteiger partial charge in [-0.1, -0.05) is 30.3 Å². The minimum atomic E-state index is -0.370. The normalized spacial score (nSPS) is 10.9. The van der Waals surface area contributed by atoms with Crippen molar-refractivity contribution in [2.24, 2.45) is 4.99 Å². The van der Waals surface area contributed by atoms with E-state index in [0.29, 0.717) is 43.1 Å². The molecule has 0 spiro atoms. The summed E-state index contributed by atoms with van der Waals surface area (Å²) >= 11 is 0. The van der Waals surface area contributed by atoms with Gasteiger partial charge in [0.1, 0.15) is 17.8 Å². The predicted molar refractivity (Wildman–Crippen MR) is 140 cm³/mol. The molecule has 0 saturated heterocycles. The van der Waals surface area contributed by atoms with E-state index in [2.05, 4.69) is 25.6 Å². The third-order valence-electron chi connectivity index (χ3n) is 4.62. The number of aromatic nitrogens is 2. The molecule has 176 valence electrons. The second-order valence-electron chi connectivity index (χ2n) is 7.09. The lowest BCUT2D eigenvalue weighted by atomic mass is 10.2. The van der Waals surface area contributed by atoms with Crippen LogP contribution in [0.25, 0.3) is 11.5 Å². The maximum Gasteiger partial charge on any atom is 0.226 e. The van der Waals surface area contributed by atoms with Gasteiger partial charge in [-0.2, -0.15) is 0 Å². The van der Waals surface area contributed by atoms with Crippen LogP contribution in [-0.4, -0.2) is 22.5 Å². The Kier molecular flexibility index (Phi) is 9.39. The van der Waals surface area contributed by atoms with Crippen LogP contribution in [0, 0.1) is 5.82 Å². The van der Waals surface area contributed by atoms with Crippen LogP contribution in [0.5, 0.6) is 11.6 Å². The van der Waals surface area contributed by atoms with E-state index < -0.39 is 0 Å². The van der Waals surface area contributed by atoms with Gasteiger partial charge in [-0.05, 0) is 37.3 Å². The van der Waals surface area contributed by atoms with E-state index in [9.17, 15) is 4.39 Å². The van der Waals surface area contributed by atoms with Crippen molar-refractivity contribution < 1.29 is 13.5 Å². The van der Waals surface area contributed by atoms with Gasteiger partial charge in [0.25, 0.3) is 0 Å². The number of ether oxygens (including phenoxy) is 1. The summed E-state index contributed by atoms with van der Waals surface area (Å²) in [4.78, 5) is 13.4. The first-order chi connectivity index (χ1) is 16.2. The highest BCUT2D eigenvalue weighted by Crippen LogP contribution is 2.24. The number of hydrogen-bond donors (Lipinski definition) is 2. The van der Waals surface area contributed by atoms with Crippen LogP contribution >= 0.6 is 24.0 Å². The Balaban J connectivity index is 0.00000324. The van der Waals surface area contributed by atoms with Crippen molar-refractivity contribution in [2.75, 3.05) is 6.54 Å². The number of pyridine rings is 1. The largest absolute Gasteiger partial charge is 0.444 e. The molecule has 7 nitrogen and oxygen atoms in total. The number of nitrogens with one attached hydrogen (secondary N) is 2. The topological polar surface area (TPSA) is 84.6 Å². The van der Waals surface area contributed by atoms with Crippen molar-refractivity contribution in [2.45, 2.75) is 20.0 Å². The van der Waals surface area contributed by atoms with Gasteiger partial charge in [0.15, 0.2) is 5.96 Å². The van der Waals surface area contributed by atoms with E-state index >= 15 is 0 Å². The highest BCUT2D eigenvalue weighted by molar-refractivity contribution is 14.0. The number of hydrogen-bond acceptors (Lipinski definition) is 5. The zero-order valence-corrected chi connectivity index (χ0v) is 20.9. The molecule has 0 aliphatic heterocycles. The van der Waals surface area contributed by atoms with Gasteiger partial charge in [0.2, 0.25) is 11.8 Å².